The van der Waals surface area contributed by atoms with Crippen LogP contribution in [0.3, 0.4) is 0 Å². The number of ether oxygens (including phenoxy) is 2. The van der Waals surface area contributed by atoms with Gasteiger partial charge in [-0.2, -0.15) is 0 Å². The van der Waals surface area contributed by atoms with Crippen molar-refractivity contribution in [2.24, 2.45) is 0 Å². The molecule has 7 nitrogen and oxygen atoms in total. The van der Waals surface area contributed by atoms with E-state index in [1.807, 2.05) is 54.6 Å². The summed E-state index contributed by atoms with van der Waals surface area (Å²) < 4.78 is 11.5. The molecule has 0 unspecified atom stereocenters. The number of benzene rings is 3. The fourth-order valence-electron chi connectivity index (χ4n) is 4.19. The van der Waals surface area contributed by atoms with E-state index < -0.39 is 0 Å². The molecule has 3 aromatic carbocycles. The number of amides is 2. The number of hydrogen-bond donors (Lipinski definition) is 3. The number of carbonyl (C=O) groups excluding carboxylic acids is 2. The zero-order chi connectivity index (χ0) is 25.0. The Bertz CT molecular complexity index is 1130. The largest absolute Gasteiger partial charge is 0.490 e. The van der Waals surface area contributed by atoms with Crippen LogP contribution in [0, 0.1) is 0 Å². The summed E-state index contributed by atoms with van der Waals surface area (Å²) in [5.41, 5.74) is 1.89. The van der Waals surface area contributed by atoms with Crippen LogP contribution in [-0.2, 0) is 4.79 Å². The molecule has 0 spiro atoms. The molecule has 0 heterocycles. The van der Waals surface area contributed by atoms with E-state index in [1.54, 1.807) is 24.3 Å². The first-order chi connectivity index (χ1) is 17.7. The Hall–Kier alpha value is -4.00. The second kappa shape index (κ2) is 13.2. The van der Waals surface area contributed by atoms with E-state index in [0.717, 1.165) is 31.4 Å². The highest BCUT2D eigenvalue weighted by atomic mass is 16.5. The molecule has 0 aliphatic heterocycles. The second-order valence-electron chi connectivity index (χ2n) is 8.80. The van der Waals surface area contributed by atoms with Crippen molar-refractivity contribution in [1.82, 2.24) is 5.32 Å². The molecule has 1 aliphatic rings. The van der Waals surface area contributed by atoms with Gasteiger partial charge in [-0.05, 0) is 55.3 Å². The molecular weight excluding hydrogens is 454 g/mol. The predicted molar refractivity (Wildman–Crippen MR) is 142 cm³/mol. The molecule has 0 saturated heterocycles. The highest BCUT2D eigenvalue weighted by Crippen LogP contribution is 2.24. The van der Waals surface area contributed by atoms with Crippen LogP contribution in [0.15, 0.2) is 78.9 Å². The van der Waals surface area contributed by atoms with Gasteiger partial charge in [0, 0.05) is 17.3 Å². The van der Waals surface area contributed by atoms with Crippen LogP contribution in [0.25, 0.3) is 0 Å². The van der Waals surface area contributed by atoms with Gasteiger partial charge in [0.05, 0.1) is 12.2 Å². The number of anilines is 2. The number of nitrogens with one attached hydrogen (secondary N) is 3. The minimum atomic E-state index is -0.219. The summed E-state index contributed by atoms with van der Waals surface area (Å²) in [6.07, 6.45) is 5.64. The van der Waals surface area contributed by atoms with Gasteiger partial charge in [0.25, 0.3) is 5.91 Å². The zero-order valence-electron chi connectivity index (χ0n) is 20.4. The first-order valence-electron chi connectivity index (χ1n) is 12.5. The number of hydrogen-bond acceptors (Lipinski definition) is 5. The van der Waals surface area contributed by atoms with Gasteiger partial charge in [0.1, 0.15) is 24.7 Å². The van der Waals surface area contributed by atoms with E-state index in [0.29, 0.717) is 35.9 Å². The van der Waals surface area contributed by atoms with E-state index in [1.165, 1.54) is 6.42 Å². The second-order valence-corrected chi connectivity index (χ2v) is 8.80. The lowest BCUT2D eigenvalue weighted by atomic mass is 9.95. The summed E-state index contributed by atoms with van der Waals surface area (Å²) in [6.45, 7) is 0.785. The topological polar surface area (TPSA) is 88.7 Å². The summed E-state index contributed by atoms with van der Waals surface area (Å²) in [5, 5.41) is 9.11. The highest BCUT2D eigenvalue weighted by molar-refractivity contribution is 5.96. The van der Waals surface area contributed by atoms with Gasteiger partial charge < -0.3 is 25.4 Å². The number of para-hydroxylation sites is 3. The van der Waals surface area contributed by atoms with Crippen molar-refractivity contribution in [3.8, 4) is 11.5 Å². The van der Waals surface area contributed by atoms with Crippen molar-refractivity contribution >= 4 is 23.2 Å². The quantitative estimate of drug-likeness (QED) is 0.321. The molecule has 0 bridgehead atoms. The van der Waals surface area contributed by atoms with Gasteiger partial charge in [-0.15, -0.1) is 0 Å². The van der Waals surface area contributed by atoms with Crippen LogP contribution < -0.4 is 25.4 Å². The lowest BCUT2D eigenvalue weighted by Gasteiger charge is -2.22. The van der Waals surface area contributed by atoms with Crippen molar-refractivity contribution in [1.29, 1.82) is 0 Å². The molecule has 1 aliphatic carbocycles. The molecule has 2 amide bonds. The van der Waals surface area contributed by atoms with Gasteiger partial charge in [-0.1, -0.05) is 55.7 Å². The first kappa shape index (κ1) is 25.1. The predicted octanol–water partition coefficient (Wildman–Crippen LogP) is 5.26. The summed E-state index contributed by atoms with van der Waals surface area (Å²) in [4.78, 5) is 25.2. The van der Waals surface area contributed by atoms with Gasteiger partial charge in [-0.25, -0.2) is 0 Å². The molecule has 188 valence electrons. The van der Waals surface area contributed by atoms with Gasteiger partial charge in [0.2, 0.25) is 5.91 Å². The Morgan fingerprint density at radius 2 is 1.56 bits per heavy atom. The van der Waals surface area contributed by atoms with Crippen molar-refractivity contribution in [2.75, 3.05) is 30.4 Å². The van der Waals surface area contributed by atoms with Crippen molar-refractivity contribution in [3.05, 3.63) is 84.4 Å². The normalized spacial score (nSPS) is 13.4. The minimum absolute atomic E-state index is 0.0547. The molecular formula is C29H33N3O4. The van der Waals surface area contributed by atoms with E-state index in [9.17, 15) is 9.59 Å². The van der Waals surface area contributed by atoms with E-state index in [4.69, 9.17) is 9.47 Å². The minimum Gasteiger partial charge on any atom is -0.490 e. The summed E-state index contributed by atoms with van der Waals surface area (Å²) in [7, 11) is 0. The standard InChI is InChI=1S/C29H33N3O4/c33-28(21-30-24-13-9-10-22(20-24)29(34)31-23-11-3-1-4-12-23)32-26-16-7-8-17-27(26)36-19-18-35-25-14-5-2-6-15-25/h2,5-10,13-17,20,23,30H,1,3-4,11-12,18-19,21H2,(H,31,34)(H,32,33). The van der Waals surface area contributed by atoms with Crippen LogP contribution in [0.1, 0.15) is 42.5 Å². The van der Waals surface area contributed by atoms with Crippen molar-refractivity contribution in [2.45, 2.75) is 38.1 Å². The summed E-state index contributed by atoms with van der Waals surface area (Å²) >= 11 is 0. The Balaban J connectivity index is 1.24. The molecule has 1 fully saturated rings. The van der Waals surface area contributed by atoms with Crippen LogP contribution in [0.2, 0.25) is 0 Å². The Morgan fingerprint density at radius 1 is 0.806 bits per heavy atom. The summed E-state index contributed by atoms with van der Waals surface area (Å²) in [5.74, 6) is 1.06. The fourth-order valence-corrected chi connectivity index (χ4v) is 4.19. The Kier molecular flexibility index (Phi) is 9.19. The third-order valence-electron chi connectivity index (χ3n) is 6.03. The van der Waals surface area contributed by atoms with Crippen molar-refractivity contribution < 1.29 is 19.1 Å². The smallest absolute Gasteiger partial charge is 0.251 e. The van der Waals surface area contributed by atoms with Gasteiger partial charge >= 0.3 is 0 Å². The zero-order valence-corrected chi connectivity index (χ0v) is 20.4. The monoisotopic (exact) mass is 487 g/mol. The number of carbonyl (C=O) groups is 2. The average molecular weight is 488 g/mol. The average Bonchev–Trinajstić information content (AvgIpc) is 2.92. The number of rotatable bonds is 11. The van der Waals surface area contributed by atoms with Gasteiger partial charge in [-0.3, -0.25) is 9.59 Å². The van der Waals surface area contributed by atoms with Crippen LogP contribution in [0.5, 0.6) is 11.5 Å². The highest BCUT2D eigenvalue weighted by Gasteiger charge is 2.17. The maximum Gasteiger partial charge on any atom is 0.251 e. The summed E-state index contributed by atoms with van der Waals surface area (Å²) in [6, 6.07) is 24.3. The first-order valence-corrected chi connectivity index (χ1v) is 12.5. The molecule has 4 rings (SSSR count). The van der Waals surface area contributed by atoms with Crippen LogP contribution in [0.4, 0.5) is 11.4 Å². The van der Waals surface area contributed by atoms with E-state index in [-0.39, 0.29) is 24.4 Å². The molecule has 3 aromatic rings. The van der Waals surface area contributed by atoms with Crippen LogP contribution >= 0.6 is 0 Å². The van der Waals surface area contributed by atoms with E-state index in [2.05, 4.69) is 16.0 Å². The molecule has 3 N–H and O–H groups in total. The molecule has 36 heavy (non-hydrogen) atoms. The van der Waals surface area contributed by atoms with Gasteiger partial charge in [0.15, 0.2) is 0 Å². The fraction of sp³-hybridized carbons (Fsp3) is 0.310. The Labute approximate surface area is 212 Å². The molecule has 0 radical (unpaired) electrons. The maximum absolute atomic E-state index is 12.6. The molecule has 7 heteroatoms. The van der Waals surface area contributed by atoms with Crippen molar-refractivity contribution in [3.63, 3.8) is 0 Å². The lowest BCUT2D eigenvalue weighted by molar-refractivity contribution is -0.114. The molecule has 0 atom stereocenters. The SMILES string of the molecule is O=C(CNc1cccc(C(=O)NC2CCCCC2)c1)Nc1ccccc1OCCOc1ccccc1. The third-order valence-corrected chi connectivity index (χ3v) is 6.03. The molecule has 1 saturated carbocycles. The lowest BCUT2D eigenvalue weighted by Crippen LogP contribution is -2.36. The van der Waals surface area contributed by atoms with Crippen LogP contribution in [-0.4, -0.2) is 37.6 Å². The maximum atomic E-state index is 12.6. The third kappa shape index (κ3) is 7.77. The molecule has 0 aromatic heterocycles. The van der Waals surface area contributed by atoms with E-state index >= 15 is 0 Å². The Morgan fingerprint density at radius 3 is 2.39 bits per heavy atom.